The fraction of sp³-hybridized carbons (Fsp3) is 0.273. The third-order valence-corrected chi connectivity index (χ3v) is 2.11. The predicted octanol–water partition coefficient (Wildman–Crippen LogP) is 3.15. The lowest BCUT2D eigenvalue weighted by Gasteiger charge is -2.19. The first-order valence-electron chi connectivity index (χ1n) is 4.00. The van der Waals surface area contributed by atoms with Crippen molar-refractivity contribution in [1.82, 2.24) is 0 Å². The first kappa shape index (κ1) is 6.66. The Balaban J connectivity index is 2.43. The summed E-state index contributed by atoms with van der Waals surface area (Å²) in [6.07, 6.45) is 8.92. The van der Waals surface area contributed by atoms with Crippen LogP contribution in [-0.4, -0.2) is 0 Å². The number of hydrogen-bond acceptors (Lipinski definition) is 0. The number of hydrogen-bond donors (Lipinski definition) is 0. The number of fused-ring (bicyclic) bond motifs is 1. The fourth-order valence-corrected chi connectivity index (χ4v) is 1.80. The second-order valence-corrected chi connectivity index (χ2v) is 3.45. The predicted molar refractivity (Wildman–Crippen MR) is 48.3 cm³/mol. The molecule has 0 N–H and O–H groups in total. The molecule has 0 aromatic carbocycles. The molecule has 2 bridgehead atoms. The lowest BCUT2D eigenvalue weighted by molar-refractivity contribution is 0.983. The summed E-state index contributed by atoms with van der Waals surface area (Å²) in [6.45, 7) is 6.16. The monoisotopic (exact) mass is 144 g/mol. The molecule has 0 saturated carbocycles. The highest BCUT2D eigenvalue weighted by atomic mass is 14.2. The molecule has 0 atom stereocenters. The molecule has 11 heavy (non-hydrogen) atoms. The fourth-order valence-electron chi connectivity index (χ4n) is 1.80. The van der Waals surface area contributed by atoms with E-state index in [9.17, 15) is 0 Å². The van der Waals surface area contributed by atoms with Gasteiger partial charge >= 0.3 is 0 Å². The maximum Gasteiger partial charge on any atom is -0.00662 e. The third kappa shape index (κ3) is 1.21. The van der Waals surface area contributed by atoms with Crippen molar-refractivity contribution in [3.63, 3.8) is 0 Å². The quantitative estimate of drug-likeness (QED) is 0.490. The normalized spacial score (nSPS) is 22.3. The van der Waals surface area contributed by atoms with E-state index in [1.165, 1.54) is 22.3 Å². The molecular formula is C11H12. The molecule has 0 fully saturated rings. The molecule has 0 saturated heterocycles. The SMILES string of the molecule is C=C1C=C2C=C(C)CC(=C2)C1. The van der Waals surface area contributed by atoms with E-state index in [-0.39, 0.29) is 0 Å². The van der Waals surface area contributed by atoms with Crippen LogP contribution in [0.25, 0.3) is 0 Å². The zero-order valence-electron chi connectivity index (χ0n) is 6.85. The van der Waals surface area contributed by atoms with Gasteiger partial charge in [0.25, 0.3) is 0 Å². The lowest BCUT2D eigenvalue weighted by Crippen LogP contribution is -1.99. The zero-order chi connectivity index (χ0) is 7.84. The molecule has 0 unspecified atom stereocenters. The Kier molecular flexibility index (Phi) is 1.35. The van der Waals surface area contributed by atoms with E-state index in [0.29, 0.717) is 0 Å². The Bertz CT molecular complexity index is 294. The summed E-state index contributed by atoms with van der Waals surface area (Å²) in [5.41, 5.74) is 5.58. The summed E-state index contributed by atoms with van der Waals surface area (Å²) in [5.74, 6) is 0. The van der Waals surface area contributed by atoms with Crippen LogP contribution in [0.4, 0.5) is 0 Å². The van der Waals surface area contributed by atoms with E-state index >= 15 is 0 Å². The Morgan fingerprint density at radius 1 is 1.18 bits per heavy atom. The molecule has 0 amide bonds. The minimum Gasteiger partial charge on any atom is -0.0955 e. The van der Waals surface area contributed by atoms with Crippen molar-refractivity contribution in [2.45, 2.75) is 19.8 Å². The van der Waals surface area contributed by atoms with Gasteiger partial charge in [-0.1, -0.05) is 41.5 Å². The summed E-state index contributed by atoms with van der Waals surface area (Å²) < 4.78 is 0. The molecule has 2 aliphatic carbocycles. The Morgan fingerprint density at radius 3 is 2.73 bits per heavy atom. The minimum absolute atomic E-state index is 1.08. The zero-order valence-corrected chi connectivity index (χ0v) is 6.85. The number of rotatable bonds is 0. The maximum absolute atomic E-state index is 3.98. The Hall–Kier alpha value is -1.04. The van der Waals surface area contributed by atoms with Crippen LogP contribution in [0.3, 0.4) is 0 Å². The molecule has 0 aromatic rings. The molecule has 0 heterocycles. The van der Waals surface area contributed by atoms with Crippen molar-refractivity contribution in [1.29, 1.82) is 0 Å². The molecule has 2 aliphatic rings. The van der Waals surface area contributed by atoms with Crippen molar-refractivity contribution in [2.75, 3.05) is 0 Å². The van der Waals surface area contributed by atoms with Gasteiger partial charge in [0.2, 0.25) is 0 Å². The Labute approximate surface area is 67.6 Å². The van der Waals surface area contributed by atoms with E-state index in [4.69, 9.17) is 0 Å². The molecule has 0 radical (unpaired) electrons. The van der Waals surface area contributed by atoms with Crippen LogP contribution in [-0.2, 0) is 0 Å². The van der Waals surface area contributed by atoms with E-state index in [0.717, 1.165) is 12.8 Å². The summed E-state index contributed by atoms with van der Waals surface area (Å²) >= 11 is 0. The second-order valence-electron chi connectivity index (χ2n) is 3.45. The summed E-state index contributed by atoms with van der Waals surface area (Å²) in [4.78, 5) is 0. The summed E-state index contributed by atoms with van der Waals surface area (Å²) in [5, 5.41) is 0. The highest BCUT2D eigenvalue weighted by Gasteiger charge is 2.11. The molecule has 0 aromatic heterocycles. The van der Waals surface area contributed by atoms with Gasteiger partial charge in [0.1, 0.15) is 0 Å². The average Bonchev–Trinajstić information content (AvgIpc) is 1.82. The van der Waals surface area contributed by atoms with Crippen LogP contribution in [0, 0.1) is 0 Å². The molecule has 0 heteroatoms. The van der Waals surface area contributed by atoms with E-state index < -0.39 is 0 Å². The van der Waals surface area contributed by atoms with Crippen molar-refractivity contribution < 1.29 is 0 Å². The molecule has 2 rings (SSSR count). The highest BCUT2D eigenvalue weighted by molar-refractivity contribution is 5.50. The third-order valence-electron chi connectivity index (χ3n) is 2.11. The van der Waals surface area contributed by atoms with Crippen LogP contribution in [0.2, 0.25) is 0 Å². The molecule has 56 valence electrons. The van der Waals surface area contributed by atoms with Crippen LogP contribution in [0.1, 0.15) is 19.8 Å². The summed E-state index contributed by atoms with van der Waals surface area (Å²) in [7, 11) is 0. The van der Waals surface area contributed by atoms with Crippen LogP contribution in [0.5, 0.6) is 0 Å². The standard InChI is InChI=1S/C11H12/c1-8-3-10-5-9(2)6-11(4-8)7-10/h3,5,7H,1,4,6H2,2H3. The smallest absolute Gasteiger partial charge is 0.00662 e. The lowest BCUT2D eigenvalue weighted by atomic mass is 9.87. The van der Waals surface area contributed by atoms with Crippen molar-refractivity contribution in [2.24, 2.45) is 0 Å². The molecule has 0 nitrogen and oxygen atoms in total. The maximum atomic E-state index is 3.98. The van der Waals surface area contributed by atoms with Crippen molar-refractivity contribution in [3.05, 3.63) is 47.1 Å². The molecular weight excluding hydrogens is 132 g/mol. The van der Waals surface area contributed by atoms with E-state index in [2.05, 4.69) is 31.7 Å². The summed E-state index contributed by atoms with van der Waals surface area (Å²) in [6, 6.07) is 0. The second kappa shape index (κ2) is 2.23. The van der Waals surface area contributed by atoms with Crippen LogP contribution < -0.4 is 0 Å². The van der Waals surface area contributed by atoms with E-state index in [1.807, 2.05) is 0 Å². The first-order valence-corrected chi connectivity index (χ1v) is 4.00. The molecule has 0 spiro atoms. The van der Waals surface area contributed by atoms with Gasteiger partial charge in [-0.05, 0) is 25.3 Å². The van der Waals surface area contributed by atoms with Crippen LogP contribution >= 0.6 is 0 Å². The van der Waals surface area contributed by atoms with Crippen molar-refractivity contribution >= 4 is 0 Å². The van der Waals surface area contributed by atoms with Crippen molar-refractivity contribution in [3.8, 4) is 0 Å². The van der Waals surface area contributed by atoms with Gasteiger partial charge in [0.05, 0.1) is 0 Å². The van der Waals surface area contributed by atoms with Gasteiger partial charge in [0.15, 0.2) is 0 Å². The average molecular weight is 144 g/mol. The van der Waals surface area contributed by atoms with Gasteiger partial charge in [-0.15, -0.1) is 0 Å². The number of allylic oxidation sites excluding steroid dienone is 7. The van der Waals surface area contributed by atoms with Gasteiger partial charge in [-0.3, -0.25) is 0 Å². The van der Waals surface area contributed by atoms with E-state index in [1.54, 1.807) is 0 Å². The molecule has 0 aliphatic heterocycles. The van der Waals surface area contributed by atoms with Gasteiger partial charge in [-0.2, -0.15) is 0 Å². The van der Waals surface area contributed by atoms with Gasteiger partial charge < -0.3 is 0 Å². The Morgan fingerprint density at radius 2 is 2.00 bits per heavy atom. The van der Waals surface area contributed by atoms with Gasteiger partial charge in [-0.25, -0.2) is 0 Å². The minimum atomic E-state index is 1.08. The first-order chi connectivity index (χ1) is 5.24. The van der Waals surface area contributed by atoms with Crippen LogP contribution in [0.15, 0.2) is 47.1 Å². The largest absolute Gasteiger partial charge is 0.0955 e. The topological polar surface area (TPSA) is 0 Å². The highest BCUT2D eigenvalue weighted by Crippen LogP contribution is 2.31. The van der Waals surface area contributed by atoms with Gasteiger partial charge in [0, 0.05) is 0 Å².